The lowest BCUT2D eigenvalue weighted by Gasteiger charge is -2.10. The van der Waals surface area contributed by atoms with Crippen LogP contribution in [0.4, 0.5) is 18.9 Å². The Morgan fingerprint density at radius 3 is 2.47 bits per heavy atom. The van der Waals surface area contributed by atoms with Gasteiger partial charge in [-0.05, 0) is 42.5 Å². The first kappa shape index (κ1) is 21.4. The summed E-state index contributed by atoms with van der Waals surface area (Å²) in [6.07, 6.45) is -4.68. The van der Waals surface area contributed by atoms with Gasteiger partial charge in [0.15, 0.2) is 11.5 Å². The first-order chi connectivity index (χ1) is 14.2. The van der Waals surface area contributed by atoms with Crippen LogP contribution in [0.25, 0.3) is 11.3 Å². The summed E-state index contributed by atoms with van der Waals surface area (Å²) in [5.74, 6) is -0.619. The Hall–Kier alpha value is -3.35. The zero-order chi connectivity index (χ0) is 21.9. The maximum Gasteiger partial charge on any atom is 0.417 e. The topological polar surface area (TPSA) is 91.3 Å². The van der Waals surface area contributed by atoms with E-state index < -0.39 is 28.3 Å². The lowest BCUT2D eigenvalue weighted by molar-refractivity contribution is -0.137. The van der Waals surface area contributed by atoms with Crippen LogP contribution in [0.2, 0.25) is 10.0 Å². The minimum absolute atomic E-state index is 0.116. The molecule has 0 unspecified atom stereocenters. The number of hydrazone groups is 1. The standard InChI is InChI=1S/C19H9Cl2F3N4O2/c20-11-3-1-10(2-4-11)17-8-15(28-30-17)18(29)16(9-25)27-26-12-5-6-14(21)13(7-12)19(22,23)24/h1-8,26H. The van der Waals surface area contributed by atoms with Gasteiger partial charge in [0.1, 0.15) is 6.07 Å². The molecule has 0 bridgehead atoms. The van der Waals surface area contributed by atoms with Crippen molar-refractivity contribution in [3.63, 3.8) is 0 Å². The van der Waals surface area contributed by atoms with Crippen molar-refractivity contribution < 1.29 is 22.5 Å². The molecule has 0 radical (unpaired) electrons. The Labute approximate surface area is 177 Å². The van der Waals surface area contributed by atoms with Crippen molar-refractivity contribution in [1.82, 2.24) is 5.16 Å². The summed E-state index contributed by atoms with van der Waals surface area (Å²) in [5.41, 5.74) is 0.810. The van der Waals surface area contributed by atoms with Crippen molar-refractivity contribution in [3.8, 4) is 17.4 Å². The normalized spacial score (nSPS) is 11.8. The number of anilines is 1. The van der Waals surface area contributed by atoms with E-state index in [1.54, 1.807) is 30.3 Å². The van der Waals surface area contributed by atoms with E-state index in [0.717, 1.165) is 6.07 Å². The van der Waals surface area contributed by atoms with Crippen LogP contribution in [0.3, 0.4) is 0 Å². The zero-order valence-electron chi connectivity index (χ0n) is 14.7. The van der Waals surface area contributed by atoms with Crippen molar-refractivity contribution >= 4 is 40.4 Å². The summed E-state index contributed by atoms with van der Waals surface area (Å²) in [5, 5.41) is 16.4. The number of hydrogen-bond donors (Lipinski definition) is 1. The molecule has 0 amide bonds. The van der Waals surface area contributed by atoms with Gasteiger partial charge in [-0.3, -0.25) is 10.2 Å². The van der Waals surface area contributed by atoms with E-state index in [0.29, 0.717) is 16.7 Å². The second kappa shape index (κ2) is 8.57. The highest BCUT2D eigenvalue weighted by atomic mass is 35.5. The summed E-state index contributed by atoms with van der Waals surface area (Å²) in [7, 11) is 0. The smallest absolute Gasteiger partial charge is 0.356 e. The Balaban J connectivity index is 1.81. The molecular weight excluding hydrogens is 444 g/mol. The zero-order valence-corrected chi connectivity index (χ0v) is 16.2. The third kappa shape index (κ3) is 4.79. The Bertz CT molecular complexity index is 1170. The molecule has 1 heterocycles. The fourth-order valence-electron chi connectivity index (χ4n) is 2.31. The Kier molecular flexibility index (Phi) is 6.10. The molecule has 3 aromatic rings. The number of nitrogens with zero attached hydrogens (tertiary/aromatic N) is 3. The highest BCUT2D eigenvalue weighted by Crippen LogP contribution is 2.36. The number of benzene rings is 2. The molecular formula is C19H9Cl2F3N4O2. The number of carbonyl (C=O) groups excluding carboxylic acids is 1. The molecule has 11 heteroatoms. The second-order valence-electron chi connectivity index (χ2n) is 5.79. The van der Waals surface area contributed by atoms with Gasteiger partial charge in [-0.1, -0.05) is 28.4 Å². The van der Waals surface area contributed by atoms with Crippen molar-refractivity contribution in [2.45, 2.75) is 6.18 Å². The summed E-state index contributed by atoms with van der Waals surface area (Å²) >= 11 is 11.4. The highest BCUT2D eigenvalue weighted by molar-refractivity contribution is 6.51. The van der Waals surface area contributed by atoms with E-state index in [-0.39, 0.29) is 17.1 Å². The van der Waals surface area contributed by atoms with Gasteiger partial charge in [-0.15, -0.1) is 0 Å². The summed E-state index contributed by atoms with van der Waals surface area (Å²) < 4.78 is 43.9. The third-order valence-corrected chi connectivity index (χ3v) is 4.34. The molecule has 6 nitrogen and oxygen atoms in total. The predicted octanol–water partition coefficient (Wildman–Crippen LogP) is 5.84. The van der Waals surface area contributed by atoms with Crippen LogP contribution in [-0.2, 0) is 6.18 Å². The molecule has 0 aliphatic heterocycles. The quantitative estimate of drug-likeness (QED) is 0.298. The molecule has 30 heavy (non-hydrogen) atoms. The lowest BCUT2D eigenvalue weighted by atomic mass is 10.1. The first-order valence-corrected chi connectivity index (χ1v) is 8.82. The fraction of sp³-hybridized carbons (Fsp3) is 0.0526. The van der Waals surface area contributed by atoms with E-state index in [1.807, 2.05) is 0 Å². The van der Waals surface area contributed by atoms with Gasteiger partial charge < -0.3 is 4.52 Å². The summed E-state index contributed by atoms with van der Waals surface area (Å²) in [4.78, 5) is 12.4. The van der Waals surface area contributed by atoms with Gasteiger partial charge in [0.05, 0.1) is 16.3 Å². The van der Waals surface area contributed by atoms with Crippen molar-refractivity contribution in [2.24, 2.45) is 5.10 Å². The van der Waals surface area contributed by atoms with Gasteiger partial charge in [-0.2, -0.15) is 23.5 Å². The minimum Gasteiger partial charge on any atom is -0.356 e. The molecule has 1 N–H and O–H groups in total. The van der Waals surface area contributed by atoms with Crippen LogP contribution < -0.4 is 5.43 Å². The van der Waals surface area contributed by atoms with E-state index >= 15 is 0 Å². The van der Waals surface area contributed by atoms with Crippen molar-refractivity contribution in [3.05, 3.63) is 69.8 Å². The highest BCUT2D eigenvalue weighted by Gasteiger charge is 2.33. The van der Waals surface area contributed by atoms with Crippen LogP contribution in [0, 0.1) is 11.3 Å². The first-order valence-electron chi connectivity index (χ1n) is 8.07. The number of Topliss-reactive ketones (excluding diaryl/α,β-unsaturated/α-hetero) is 1. The molecule has 0 saturated heterocycles. The number of alkyl halides is 3. The number of nitriles is 1. The molecule has 0 aliphatic carbocycles. The minimum atomic E-state index is -4.68. The number of aromatic nitrogens is 1. The van der Waals surface area contributed by atoms with Crippen LogP contribution >= 0.6 is 23.2 Å². The van der Waals surface area contributed by atoms with Crippen LogP contribution in [0.1, 0.15) is 16.1 Å². The van der Waals surface area contributed by atoms with Crippen molar-refractivity contribution in [1.29, 1.82) is 5.26 Å². The third-order valence-electron chi connectivity index (χ3n) is 3.76. The monoisotopic (exact) mass is 452 g/mol. The van der Waals surface area contributed by atoms with Gasteiger partial charge in [0.25, 0.3) is 0 Å². The van der Waals surface area contributed by atoms with E-state index in [4.69, 9.17) is 27.7 Å². The SMILES string of the molecule is N#CC(=NNc1ccc(Cl)c(C(F)(F)F)c1)C(=O)c1cc(-c2ccc(Cl)cc2)on1. The largest absolute Gasteiger partial charge is 0.417 e. The maximum atomic E-state index is 12.9. The molecule has 0 saturated carbocycles. The molecule has 0 fully saturated rings. The fourth-order valence-corrected chi connectivity index (χ4v) is 2.66. The van der Waals surface area contributed by atoms with Gasteiger partial charge in [-0.25, -0.2) is 0 Å². The van der Waals surface area contributed by atoms with E-state index in [2.05, 4.69) is 15.7 Å². The summed E-state index contributed by atoms with van der Waals surface area (Å²) in [6, 6.07) is 12.4. The Morgan fingerprint density at radius 2 is 1.83 bits per heavy atom. The molecule has 0 atom stereocenters. The molecule has 0 spiro atoms. The van der Waals surface area contributed by atoms with E-state index in [1.165, 1.54) is 12.1 Å². The van der Waals surface area contributed by atoms with Gasteiger partial charge >= 0.3 is 6.18 Å². The predicted molar refractivity (Wildman–Crippen MR) is 104 cm³/mol. The molecule has 1 aromatic heterocycles. The maximum absolute atomic E-state index is 12.9. The van der Waals surface area contributed by atoms with Crippen molar-refractivity contribution in [2.75, 3.05) is 5.43 Å². The molecule has 0 aliphatic rings. The molecule has 2 aromatic carbocycles. The number of rotatable bonds is 5. The van der Waals surface area contributed by atoms with Gasteiger partial charge in [0, 0.05) is 16.7 Å². The summed E-state index contributed by atoms with van der Waals surface area (Å²) in [6.45, 7) is 0. The molecule has 152 valence electrons. The average Bonchev–Trinajstić information content (AvgIpc) is 3.19. The number of nitrogens with one attached hydrogen (secondary N) is 1. The number of halogens is 5. The average molecular weight is 453 g/mol. The Morgan fingerprint density at radius 1 is 1.13 bits per heavy atom. The van der Waals surface area contributed by atoms with E-state index in [9.17, 15) is 23.2 Å². The number of carbonyl (C=O) groups is 1. The van der Waals surface area contributed by atoms with Crippen LogP contribution in [0.15, 0.2) is 58.2 Å². The number of hydrogen-bond acceptors (Lipinski definition) is 6. The second-order valence-corrected chi connectivity index (χ2v) is 6.63. The number of ketones is 1. The molecule has 3 rings (SSSR count). The lowest BCUT2D eigenvalue weighted by Crippen LogP contribution is -2.14. The van der Waals surface area contributed by atoms with Gasteiger partial charge in [0.2, 0.25) is 11.5 Å². The van der Waals surface area contributed by atoms with Crippen LogP contribution in [0.5, 0.6) is 0 Å². The van der Waals surface area contributed by atoms with Crippen LogP contribution in [-0.4, -0.2) is 16.7 Å².